The minimum absolute atomic E-state index is 0.119. The number of nitrogens with zero attached hydrogens (tertiary/aromatic N) is 2. The molecule has 2 aromatic carbocycles. The monoisotopic (exact) mass is 468 g/mol. The molecular formula is C25H28N2O5S. The maximum Gasteiger partial charge on any atom is 0.257 e. The summed E-state index contributed by atoms with van der Waals surface area (Å²) in [7, 11) is -3.29. The molecule has 0 bridgehead atoms. The highest BCUT2D eigenvalue weighted by Crippen LogP contribution is 2.29. The topological polar surface area (TPSA) is 87.9 Å². The summed E-state index contributed by atoms with van der Waals surface area (Å²) in [5.41, 5.74) is 1.74. The first-order valence-corrected chi connectivity index (χ1v) is 12.9. The fourth-order valence-corrected chi connectivity index (χ4v) is 5.86. The van der Waals surface area contributed by atoms with Crippen LogP contribution in [0, 0.1) is 6.92 Å². The second-order valence-electron chi connectivity index (χ2n) is 8.42. The molecule has 7 nitrogen and oxygen atoms in total. The average molecular weight is 469 g/mol. The van der Waals surface area contributed by atoms with Gasteiger partial charge in [-0.25, -0.2) is 8.42 Å². The van der Waals surface area contributed by atoms with Crippen molar-refractivity contribution in [1.82, 2.24) is 9.21 Å². The number of sulfonamides is 1. The zero-order chi connectivity index (χ0) is 23.8. The van der Waals surface area contributed by atoms with Crippen LogP contribution in [0.5, 0.6) is 0 Å². The summed E-state index contributed by atoms with van der Waals surface area (Å²) in [5.74, 6) is 0.242. The fourth-order valence-electron chi connectivity index (χ4n) is 4.63. The van der Waals surface area contributed by atoms with Crippen LogP contribution in [-0.2, 0) is 10.0 Å². The summed E-state index contributed by atoms with van der Waals surface area (Å²) in [6.07, 6.45) is 2.35. The van der Waals surface area contributed by atoms with Crippen molar-refractivity contribution in [3.8, 4) is 11.3 Å². The van der Waals surface area contributed by atoms with Gasteiger partial charge in [-0.2, -0.15) is 4.31 Å². The third-order valence-corrected chi connectivity index (χ3v) is 7.72. The molecule has 33 heavy (non-hydrogen) atoms. The fraction of sp³-hybridized carbons (Fsp3) is 0.360. The quantitative estimate of drug-likeness (QED) is 0.570. The molecule has 0 atom stereocenters. The third kappa shape index (κ3) is 4.45. The van der Waals surface area contributed by atoms with Gasteiger partial charge >= 0.3 is 0 Å². The van der Waals surface area contributed by atoms with Crippen LogP contribution < -0.4 is 5.43 Å². The minimum atomic E-state index is -3.29. The van der Waals surface area contributed by atoms with Gasteiger partial charge in [0, 0.05) is 36.8 Å². The maximum absolute atomic E-state index is 13.4. The number of para-hydroxylation sites is 1. The van der Waals surface area contributed by atoms with Gasteiger partial charge in [-0.1, -0.05) is 43.3 Å². The normalized spacial score (nSPS) is 15.3. The first kappa shape index (κ1) is 23.2. The van der Waals surface area contributed by atoms with Gasteiger partial charge in [0.15, 0.2) is 11.0 Å². The van der Waals surface area contributed by atoms with Crippen LogP contribution in [0.1, 0.15) is 35.7 Å². The number of carbonyl (C=O) groups excluding carboxylic acids is 1. The molecule has 0 radical (unpaired) electrons. The van der Waals surface area contributed by atoms with E-state index < -0.39 is 10.0 Å². The molecule has 0 saturated carbocycles. The average Bonchev–Trinajstić information content (AvgIpc) is 2.81. The lowest BCUT2D eigenvalue weighted by molar-refractivity contribution is 0.0681. The number of carbonyl (C=O) groups is 1. The first-order chi connectivity index (χ1) is 15.7. The molecule has 1 saturated heterocycles. The van der Waals surface area contributed by atoms with E-state index in [0.29, 0.717) is 54.7 Å². The Morgan fingerprint density at radius 1 is 1.09 bits per heavy atom. The van der Waals surface area contributed by atoms with Gasteiger partial charge < -0.3 is 9.32 Å². The van der Waals surface area contributed by atoms with Crippen molar-refractivity contribution in [2.24, 2.45) is 0 Å². The summed E-state index contributed by atoms with van der Waals surface area (Å²) < 4.78 is 31.8. The summed E-state index contributed by atoms with van der Waals surface area (Å²) in [4.78, 5) is 28.2. The number of piperidine rings is 1. The Kier molecular flexibility index (Phi) is 6.41. The molecule has 0 N–H and O–H groups in total. The Morgan fingerprint density at radius 3 is 2.36 bits per heavy atom. The Bertz CT molecular complexity index is 1340. The minimum Gasteiger partial charge on any atom is -0.455 e. The predicted octanol–water partition coefficient (Wildman–Crippen LogP) is 3.65. The number of hydrogen-bond acceptors (Lipinski definition) is 5. The molecular weight excluding hydrogens is 440 g/mol. The molecule has 8 heteroatoms. The summed E-state index contributed by atoms with van der Waals surface area (Å²) in [6, 6.07) is 14.3. The van der Waals surface area contributed by atoms with Gasteiger partial charge in [0.1, 0.15) is 5.76 Å². The number of rotatable bonds is 5. The summed E-state index contributed by atoms with van der Waals surface area (Å²) in [5, 5.41) is 0.377. The molecule has 4 rings (SSSR count). The highest BCUT2D eigenvalue weighted by molar-refractivity contribution is 7.88. The van der Waals surface area contributed by atoms with E-state index in [2.05, 4.69) is 0 Å². The van der Waals surface area contributed by atoms with Crippen molar-refractivity contribution in [2.45, 2.75) is 32.7 Å². The van der Waals surface area contributed by atoms with Crippen LogP contribution in [0.25, 0.3) is 22.3 Å². The second kappa shape index (κ2) is 9.11. The number of amides is 1. The standard InChI is InChI=1S/C25H28N2O5S/c1-4-27(33(3,30)31)19-13-15-26(16-14-19)25(29)21-12-8-11-20-22(28)17(2)23(32-24(20)21)18-9-6-5-7-10-18/h5-12,19H,4,13-16H2,1-3H3. The molecule has 1 amide bonds. The van der Waals surface area contributed by atoms with Crippen LogP contribution in [0.2, 0.25) is 0 Å². The van der Waals surface area contributed by atoms with Crippen molar-refractivity contribution in [3.05, 3.63) is 69.9 Å². The van der Waals surface area contributed by atoms with Crippen LogP contribution >= 0.6 is 0 Å². The summed E-state index contributed by atoms with van der Waals surface area (Å²) in [6.45, 7) is 4.84. The van der Waals surface area contributed by atoms with E-state index in [1.165, 1.54) is 10.6 Å². The number of fused-ring (bicyclic) bond motifs is 1. The molecule has 1 aromatic heterocycles. The Balaban J connectivity index is 1.67. The van der Waals surface area contributed by atoms with Crippen LogP contribution in [0.4, 0.5) is 0 Å². The number of likely N-dealkylation sites (tertiary alicyclic amines) is 1. The van der Waals surface area contributed by atoms with Crippen LogP contribution in [0.3, 0.4) is 0 Å². The maximum atomic E-state index is 13.4. The van der Waals surface area contributed by atoms with Crippen LogP contribution in [-0.4, -0.2) is 55.5 Å². The van der Waals surface area contributed by atoms with Crippen molar-refractivity contribution in [1.29, 1.82) is 0 Å². The highest BCUT2D eigenvalue weighted by Gasteiger charge is 2.31. The highest BCUT2D eigenvalue weighted by atomic mass is 32.2. The smallest absolute Gasteiger partial charge is 0.257 e. The molecule has 174 valence electrons. The molecule has 1 aliphatic heterocycles. The van der Waals surface area contributed by atoms with E-state index in [1.807, 2.05) is 37.3 Å². The zero-order valence-electron chi connectivity index (χ0n) is 19.1. The Morgan fingerprint density at radius 2 is 1.76 bits per heavy atom. The lowest BCUT2D eigenvalue weighted by Gasteiger charge is -2.36. The lowest BCUT2D eigenvalue weighted by Crippen LogP contribution is -2.48. The van der Waals surface area contributed by atoms with Gasteiger partial charge in [0.05, 0.1) is 17.2 Å². The van der Waals surface area contributed by atoms with Gasteiger partial charge in [-0.15, -0.1) is 0 Å². The van der Waals surface area contributed by atoms with Gasteiger partial charge in [-0.3, -0.25) is 9.59 Å². The Hall–Kier alpha value is -2.97. The largest absolute Gasteiger partial charge is 0.455 e. The van der Waals surface area contributed by atoms with Crippen LogP contribution in [0.15, 0.2) is 57.7 Å². The first-order valence-electron chi connectivity index (χ1n) is 11.1. The van der Waals surface area contributed by atoms with Crippen molar-refractivity contribution in [2.75, 3.05) is 25.9 Å². The second-order valence-corrected chi connectivity index (χ2v) is 10.4. The SMILES string of the molecule is CCN(C1CCN(C(=O)c2cccc3c(=O)c(C)c(-c4ccccc4)oc23)CC1)S(C)(=O)=O. The molecule has 3 aromatic rings. The molecule has 1 fully saturated rings. The van der Waals surface area contributed by atoms with Crippen molar-refractivity contribution < 1.29 is 17.6 Å². The molecule has 1 aliphatic rings. The molecule has 2 heterocycles. The van der Waals surface area contributed by atoms with Crippen molar-refractivity contribution in [3.63, 3.8) is 0 Å². The zero-order valence-corrected chi connectivity index (χ0v) is 19.9. The van der Waals surface area contributed by atoms with E-state index in [1.54, 1.807) is 30.0 Å². The molecule has 0 spiro atoms. The van der Waals surface area contributed by atoms with E-state index in [4.69, 9.17) is 4.42 Å². The van der Waals surface area contributed by atoms with Gasteiger partial charge in [0.25, 0.3) is 5.91 Å². The Labute approximate surface area is 193 Å². The predicted molar refractivity (Wildman–Crippen MR) is 129 cm³/mol. The van der Waals surface area contributed by atoms with E-state index in [0.717, 1.165) is 5.56 Å². The van der Waals surface area contributed by atoms with E-state index in [-0.39, 0.29) is 23.0 Å². The van der Waals surface area contributed by atoms with Gasteiger partial charge in [0.2, 0.25) is 10.0 Å². The lowest BCUT2D eigenvalue weighted by atomic mass is 10.0. The number of benzene rings is 2. The van der Waals surface area contributed by atoms with E-state index in [9.17, 15) is 18.0 Å². The molecule has 0 aliphatic carbocycles. The van der Waals surface area contributed by atoms with Gasteiger partial charge in [-0.05, 0) is 31.9 Å². The molecule has 0 unspecified atom stereocenters. The third-order valence-electron chi connectivity index (χ3n) is 6.31. The van der Waals surface area contributed by atoms with E-state index >= 15 is 0 Å². The summed E-state index contributed by atoms with van der Waals surface area (Å²) >= 11 is 0. The number of hydrogen-bond donors (Lipinski definition) is 0. The van der Waals surface area contributed by atoms with Crippen molar-refractivity contribution >= 4 is 26.9 Å².